The van der Waals surface area contributed by atoms with Crippen LogP contribution in [0.25, 0.3) is 0 Å². The molecule has 0 saturated heterocycles. The Labute approximate surface area is 114 Å². The van der Waals surface area contributed by atoms with Crippen molar-refractivity contribution in [2.45, 2.75) is 39.7 Å². The van der Waals surface area contributed by atoms with Crippen LogP contribution in [0, 0.1) is 6.92 Å². The van der Waals surface area contributed by atoms with Crippen molar-refractivity contribution in [1.29, 1.82) is 0 Å². The number of hydrogen-bond acceptors (Lipinski definition) is 2. The maximum absolute atomic E-state index is 11.7. The highest BCUT2D eigenvalue weighted by atomic mass is 35.5. The molecule has 0 unspecified atom stereocenters. The Kier molecular flexibility index (Phi) is 6.16. The summed E-state index contributed by atoms with van der Waals surface area (Å²) < 4.78 is 0. The molecule has 0 radical (unpaired) electrons. The summed E-state index contributed by atoms with van der Waals surface area (Å²) in [7, 11) is 0. The van der Waals surface area contributed by atoms with Gasteiger partial charge in [0.2, 0.25) is 5.91 Å². The lowest BCUT2D eigenvalue weighted by molar-refractivity contribution is -0.116. The van der Waals surface area contributed by atoms with E-state index < -0.39 is 0 Å². The molecule has 0 bridgehead atoms. The number of carbonyl (C=O) groups is 1. The summed E-state index contributed by atoms with van der Waals surface area (Å²) in [4.78, 5) is 11.7. The molecule has 1 aromatic carbocycles. The average Bonchev–Trinajstić information content (AvgIpc) is 2.29. The zero-order valence-electron chi connectivity index (χ0n) is 11.2. The third kappa shape index (κ3) is 5.52. The largest absolute Gasteiger partial charge is 0.326 e. The van der Waals surface area contributed by atoms with E-state index in [0.29, 0.717) is 17.5 Å². The zero-order chi connectivity index (χ0) is 13.5. The lowest BCUT2D eigenvalue weighted by atomic mass is 10.2. The Hall–Kier alpha value is -1.06. The predicted molar refractivity (Wildman–Crippen MR) is 77.2 cm³/mol. The fraction of sp³-hybridized carbons (Fsp3) is 0.500. The van der Waals surface area contributed by atoms with Crippen molar-refractivity contribution in [2.24, 2.45) is 0 Å². The minimum Gasteiger partial charge on any atom is -0.326 e. The number of amides is 1. The molecular weight excluding hydrogens is 248 g/mol. The van der Waals surface area contributed by atoms with E-state index in [0.717, 1.165) is 24.2 Å². The summed E-state index contributed by atoms with van der Waals surface area (Å²) in [6.07, 6.45) is 1.36. The minimum absolute atomic E-state index is 0.0333. The molecule has 0 aliphatic heterocycles. The number of rotatable bonds is 6. The minimum atomic E-state index is 0.0333. The molecule has 1 rings (SSSR count). The third-order valence-electron chi connectivity index (χ3n) is 2.61. The van der Waals surface area contributed by atoms with E-state index >= 15 is 0 Å². The van der Waals surface area contributed by atoms with Gasteiger partial charge in [0, 0.05) is 23.2 Å². The standard InChI is InChI=1S/C14H21ClN2O/c1-10(2)16-8-4-5-14(18)17-13-9-12(15)7-6-11(13)3/h6-7,9-10,16H,4-5,8H2,1-3H3,(H,17,18). The number of anilines is 1. The second-order valence-corrected chi connectivity index (χ2v) is 5.16. The van der Waals surface area contributed by atoms with Gasteiger partial charge in [0.15, 0.2) is 0 Å². The van der Waals surface area contributed by atoms with Gasteiger partial charge in [-0.3, -0.25) is 4.79 Å². The summed E-state index contributed by atoms with van der Waals surface area (Å²) >= 11 is 5.90. The van der Waals surface area contributed by atoms with Gasteiger partial charge in [-0.15, -0.1) is 0 Å². The number of halogens is 1. The van der Waals surface area contributed by atoms with Crippen LogP contribution in [0.4, 0.5) is 5.69 Å². The monoisotopic (exact) mass is 268 g/mol. The summed E-state index contributed by atoms with van der Waals surface area (Å²) in [5.74, 6) is 0.0333. The van der Waals surface area contributed by atoms with Gasteiger partial charge in [0.25, 0.3) is 0 Å². The molecule has 0 fully saturated rings. The highest BCUT2D eigenvalue weighted by molar-refractivity contribution is 6.31. The van der Waals surface area contributed by atoms with Crippen molar-refractivity contribution >= 4 is 23.2 Å². The van der Waals surface area contributed by atoms with E-state index in [1.54, 1.807) is 6.07 Å². The molecule has 2 N–H and O–H groups in total. The molecule has 18 heavy (non-hydrogen) atoms. The number of nitrogens with one attached hydrogen (secondary N) is 2. The number of benzene rings is 1. The Balaban J connectivity index is 2.38. The van der Waals surface area contributed by atoms with Crippen LogP contribution in [-0.2, 0) is 4.79 Å². The first-order valence-electron chi connectivity index (χ1n) is 6.28. The van der Waals surface area contributed by atoms with Crippen molar-refractivity contribution < 1.29 is 4.79 Å². The molecule has 0 saturated carbocycles. The first-order chi connectivity index (χ1) is 8.49. The van der Waals surface area contributed by atoms with Gasteiger partial charge < -0.3 is 10.6 Å². The van der Waals surface area contributed by atoms with E-state index in [2.05, 4.69) is 24.5 Å². The molecule has 0 aliphatic carbocycles. The Morgan fingerprint density at radius 2 is 2.11 bits per heavy atom. The fourth-order valence-corrected chi connectivity index (χ4v) is 1.75. The van der Waals surface area contributed by atoms with Crippen LogP contribution in [0.1, 0.15) is 32.3 Å². The van der Waals surface area contributed by atoms with Crippen molar-refractivity contribution in [3.05, 3.63) is 28.8 Å². The summed E-state index contributed by atoms with van der Waals surface area (Å²) in [6, 6.07) is 5.96. The molecular formula is C14H21ClN2O. The number of carbonyl (C=O) groups excluding carboxylic acids is 1. The third-order valence-corrected chi connectivity index (χ3v) is 2.84. The lowest BCUT2D eigenvalue weighted by Gasteiger charge is -2.10. The normalized spacial score (nSPS) is 10.7. The van der Waals surface area contributed by atoms with Gasteiger partial charge in [-0.2, -0.15) is 0 Å². The highest BCUT2D eigenvalue weighted by Gasteiger charge is 2.05. The molecule has 0 spiro atoms. The maximum Gasteiger partial charge on any atom is 0.224 e. The van der Waals surface area contributed by atoms with Gasteiger partial charge in [0.1, 0.15) is 0 Å². The van der Waals surface area contributed by atoms with E-state index in [1.165, 1.54) is 0 Å². The van der Waals surface area contributed by atoms with E-state index in [4.69, 9.17) is 11.6 Å². The van der Waals surface area contributed by atoms with E-state index in [-0.39, 0.29) is 5.91 Å². The summed E-state index contributed by atoms with van der Waals surface area (Å²) in [5, 5.41) is 6.81. The first kappa shape index (κ1) is 15.0. The van der Waals surface area contributed by atoms with Crippen molar-refractivity contribution in [2.75, 3.05) is 11.9 Å². The van der Waals surface area contributed by atoms with Gasteiger partial charge >= 0.3 is 0 Å². The smallest absolute Gasteiger partial charge is 0.224 e. The Bertz CT molecular complexity index is 405. The molecule has 4 heteroatoms. The lowest BCUT2D eigenvalue weighted by Crippen LogP contribution is -2.24. The molecule has 3 nitrogen and oxygen atoms in total. The topological polar surface area (TPSA) is 41.1 Å². The average molecular weight is 269 g/mol. The van der Waals surface area contributed by atoms with Crippen LogP contribution in [0.15, 0.2) is 18.2 Å². The molecule has 1 aromatic rings. The van der Waals surface area contributed by atoms with Crippen LogP contribution in [-0.4, -0.2) is 18.5 Å². The molecule has 0 aliphatic rings. The van der Waals surface area contributed by atoms with Gasteiger partial charge in [-0.25, -0.2) is 0 Å². The fourth-order valence-electron chi connectivity index (χ4n) is 1.58. The molecule has 100 valence electrons. The van der Waals surface area contributed by atoms with Crippen molar-refractivity contribution in [3.63, 3.8) is 0 Å². The molecule has 0 atom stereocenters. The van der Waals surface area contributed by atoms with E-state index in [1.807, 2.05) is 19.1 Å². The maximum atomic E-state index is 11.7. The highest BCUT2D eigenvalue weighted by Crippen LogP contribution is 2.20. The van der Waals surface area contributed by atoms with Crippen LogP contribution >= 0.6 is 11.6 Å². The van der Waals surface area contributed by atoms with Crippen molar-refractivity contribution in [1.82, 2.24) is 5.32 Å². The van der Waals surface area contributed by atoms with Crippen LogP contribution in [0.2, 0.25) is 5.02 Å². The quantitative estimate of drug-likeness (QED) is 0.777. The zero-order valence-corrected chi connectivity index (χ0v) is 12.0. The predicted octanol–water partition coefficient (Wildman–Crippen LogP) is 3.37. The van der Waals surface area contributed by atoms with Crippen LogP contribution in [0.3, 0.4) is 0 Å². The Morgan fingerprint density at radius 3 is 2.78 bits per heavy atom. The van der Waals surface area contributed by atoms with Crippen molar-refractivity contribution in [3.8, 4) is 0 Å². The molecule has 0 heterocycles. The van der Waals surface area contributed by atoms with Gasteiger partial charge in [-0.05, 0) is 37.6 Å². The summed E-state index contributed by atoms with van der Waals surface area (Å²) in [5.41, 5.74) is 1.82. The summed E-state index contributed by atoms with van der Waals surface area (Å²) in [6.45, 7) is 7.00. The van der Waals surface area contributed by atoms with E-state index in [9.17, 15) is 4.79 Å². The number of aryl methyl sites for hydroxylation is 1. The first-order valence-corrected chi connectivity index (χ1v) is 6.66. The second-order valence-electron chi connectivity index (χ2n) is 4.72. The van der Waals surface area contributed by atoms with Gasteiger partial charge in [-0.1, -0.05) is 31.5 Å². The Morgan fingerprint density at radius 1 is 1.39 bits per heavy atom. The SMILES string of the molecule is Cc1ccc(Cl)cc1NC(=O)CCCNC(C)C. The van der Waals surface area contributed by atoms with Crippen LogP contribution < -0.4 is 10.6 Å². The molecule has 1 amide bonds. The molecule has 0 aromatic heterocycles. The second kappa shape index (κ2) is 7.39. The number of hydrogen-bond donors (Lipinski definition) is 2. The van der Waals surface area contributed by atoms with Gasteiger partial charge in [0.05, 0.1) is 0 Å². The van der Waals surface area contributed by atoms with Crippen LogP contribution in [0.5, 0.6) is 0 Å².